The smallest absolute Gasteiger partial charge is 0.126 e. The molecule has 17 heavy (non-hydrogen) atoms. The summed E-state index contributed by atoms with van der Waals surface area (Å²) in [5.74, 6) is 0.765. The van der Waals surface area contributed by atoms with Crippen molar-refractivity contribution >= 4 is 15.9 Å². The predicted octanol–water partition coefficient (Wildman–Crippen LogP) is 3.06. The minimum absolute atomic E-state index is 0.190. The van der Waals surface area contributed by atoms with Crippen LogP contribution in [0.2, 0.25) is 0 Å². The van der Waals surface area contributed by atoms with Gasteiger partial charge in [-0.05, 0) is 19.1 Å². The minimum atomic E-state index is -0.516. The first-order valence-electron chi connectivity index (χ1n) is 5.88. The van der Waals surface area contributed by atoms with Gasteiger partial charge in [-0.2, -0.15) is 0 Å². The summed E-state index contributed by atoms with van der Waals surface area (Å²) in [6.07, 6.45) is 1.49. The van der Waals surface area contributed by atoms with Gasteiger partial charge in [0.1, 0.15) is 11.9 Å². The maximum atomic E-state index is 9.70. The average molecular weight is 301 g/mol. The second-order valence-corrected chi connectivity index (χ2v) is 5.20. The van der Waals surface area contributed by atoms with Crippen LogP contribution < -0.4 is 4.74 Å². The Morgan fingerprint density at radius 1 is 1.41 bits per heavy atom. The van der Waals surface area contributed by atoms with Gasteiger partial charge in [-0.3, -0.25) is 0 Å². The molecule has 94 valence electrons. The second-order valence-electron chi connectivity index (χ2n) is 4.29. The van der Waals surface area contributed by atoms with Crippen LogP contribution >= 0.6 is 15.9 Å². The number of hydrogen-bond acceptors (Lipinski definition) is 3. The average Bonchev–Trinajstić information content (AvgIpc) is 2.30. The highest BCUT2D eigenvalue weighted by Crippen LogP contribution is 2.30. The van der Waals surface area contributed by atoms with Gasteiger partial charge in [0, 0.05) is 22.9 Å². The fourth-order valence-corrected chi connectivity index (χ4v) is 2.27. The van der Waals surface area contributed by atoms with Crippen molar-refractivity contribution in [3.8, 4) is 5.75 Å². The number of aliphatic hydroxyl groups excluding tert-OH is 1. The van der Waals surface area contributed by atoms with E-state index in [1.165, 1.54) is 0 Å². The molecule has 0 amide bonds. The molecule has 0 aromatic heterocycles. The molecule has 0 radical (unpaired) electrons. The molecule has 1 fully saturated rings. The molecule has 1 atom stereocenters. The molecular weight excluding hydrogens is 284 g/mol. The number of halogens is 1. The summed E-state index contributed by atoms with van der Waals surface area (Å²) in [5.41, 5.74) is 0.833. The van der Waals surface area contributed by atoms with E-state index < -0.39 is 6.10 Å². The van der Waals surface area contributed by atoms with Crippen molar-refractivity contribution in [1.29, 1.82) is 0 Å². The lowest BCUT2D eigenvalue weighted by molar-refractivity contribution is 0.0242. The largest absolute Gasteiger partial charge is 0.490 e. The van der Waals surface area contributed by atoms with Gasteiger partial charge in [-0.15, -0.1) is 0 Å². The number of benzene rings is 1. The molecule has 0 unspecified atom stereocenters. The zero-order chi connectivity index (χ0) is 12.3. The number of aliphatic hydroxyl groups is 1. The first-order valence-corrected chi connectivity index (χ1v) is 6.68. The molecule has 1 N–H and O–H groups in total. The molecule has 2 rings (SSSR count). The quantitative estimate of drug-likeness (QED) is 0.932. The van der Waals surface area contributed by atoms with Crippen molar-refractivity contribution < 1.29 is 14.6 Å². The molecule has 1 aromatic rings. The van der Waals surface area contributed by atoms with Gasteiger partial charge in [-0.25, -0.2) is 0 Å². The summed E-state index contributed by atoms with van der Waals surface area (Å²) in [4.78, 5) is 0. The maximum Gasteiger partial charge on any atom is 0.126 e. The van der Waals surface area contributed by atoms with E-state index in [0.29, 0.717) is 0 Å². The molecule has 1 saturated heterocycles. The molecule has 3 nitrogen and oxygen atoms in total. The molecule has 0 spiro atoms. The Kier molecular flexibility index (Phi) is 4.42. The Hall–Kier alpha value is -0.580. The molecule has 4 heteroatoms. The zero-order valence-corrected chi connectivity index (χ0v) is 11.4. The van der Waals surface area contributed by atoms with Crippen molar-refractivity contribution in [3.63, 3.8) is 0 Å². The van der Waals surface area contributed by atoms with Crippen LogP contribution in [0.5, 0.6) is 5.75 Å². The third-order valence-electron chi connectivity index (χ3n) is 2.89. The lowest BCUT2D eigenvalue weighted by atomic mass is 10.1. The maximum absolute atomic E-state index is 9.70. The summed E-state index contributed by atoms with van der Waals surface area (Å²) in [5, 5.41) is 9.70. The molecule has 0 saturated carbocycles. The van der Waals surface area contributed by atoms with Crippen LogP contribution in [0.15, 0.2) is 22.7 Å². The third-order valence-corrected chi connectivity index (χ3v) is 3.38. The summed E-state index contributed by atoms with van der Waals surface area (Å²) in [7, 11) is 0. The highest BCUT2D eigenvalue weighted by atomic mass is 79.9. The topological polar surface area (TPSA) is 38.7 Å². The normalized spacial score (nSPS) is 19.0. The monoisotopic (exact) mass is 300 g/mol. The molecular formula is C13H17BrO3. The summed E-state index contributed by atoms with van der Waals surface area (Å²) >= 11 is 3.42. The minimum Gasteiger partial charge on any atom is -0.490 e. The first kappa shape index (κ1) is 12.9. The SMILES string of the molecule is C[C@H](O)c1ccc(Br)cc1OC1CCOCC1. The highest BCUT2D eigenvalue weighted by Gasteiger charge is 2.18. The van der Waals surface area contributed by atoms with Crippen molar-refractivity contribution in [3.05, 3.63) is 28.2 Å². The van der Waals surface area contributed by atoms with E-state index in [4.69, 9.17) is 9.47 Å². The molecule has 1 heterocycles. The first-order chi connectivity index (χ1) is 8.16. The van der Waals surface area contributed by atoms with E-state index in [1.54, 1.807) is 6.92 Å². The zero-order valence-electron chi connectivity index (χ0n) is 9.86. The van der Waals surface area contributed by atoms with Crippen LogP contribution in [0.1, 0.15) is 31.4 Å². The van der Waals surface area contributed by atoms with Crippen LogP contribution in [-0.4, -0.2) is 24.4 Å². The Bertz CT molecular complexity index is 373. The molecule has 0 bridgehead atoms. The fraction of sp³-hybridized carbons (Fsp3) is 0.538. The van der Waals surface area contributed by atoms with Gasteiger partial charge >= 0.3 is 0 Å². The molecule has 0 aliphatic carbocycles. The van der Waals surface area contributed by atoms with E-state index in [9.17, 15) is 5.11 Å². The summed E-state index contributed by atoms with van der Waals surface area (Å²) in [6.45, 7) is 3.26. The van der Waals surface area contributed by atoms with E-state index in [1.807, 2.05) is 18.2 Å². The highest BCUT2D eigenvalue weighted by molar-refractivity contribution is 9.10. The van der Waals surface area contributed by atoms with Gasteiger partial charge in [0.15, 0.2) is 0 Å². The van der Waals surface area contributed by atoms with Gasteiger partial charge < -0.3 is 14.6 Å². The number of rotatable bonds is 3. The summed E-state index contributed by atoms with van der Waals surface area (Å²) < 4.78 is 12.2. The van der Waals surface area contributed by atoms with Crippen LogP contribution in [0, 0.1) is 0 Å². The lowest BCUT2D eigenvalue weighted by Crippen LogP contribution is -2.26. The number of ether oxygens (including phenoxy) is 2. The summed E-state index contributed by atoms with van der Waals surface area (Å²) in [6, 6.07) is 5.72. The molecule has 1 aliphatic heterocycles. The lowest BCUT2D eigenvalue weighted by Gasteiger charge is -2.25. The Morgan fingerprint density at radius 2 is 2.12 bits per heavy atom. The predicted molar refractivity (Wildman–Crippen MR) is 69.2 cm³/mol. The van der Waals surface area contributed by atoms with E-state index in [-0.39, 0.29) is 6.10 Å². The van der Waals surface area contributed by atoms with Gasteiger partial charge in [-0.1, -0.05) is 22.0 Å². The van der Waals surface area contributed by atoms with Crippen molar-refractivity contribution in [2.75, 3.05) is 13.2 Å². The Labute approximate surface area is 110 Å². The van der Waals surface area contributed by atoms with Gasteiger partial charge in [0.2, 0.25) is 0 Å². The fourth-order valence-electron chi connectivity index (χ4n) is 1.93. The van der Waals surface area contributed by atoms with E-state index in [0.717, 1.165) is 41.8 Å². The van der Waals surface area contributed by atoms with Crippen molar-refractivity contribution in [2.45, 2.75) is 32.0 Å². The van der Waals surface area contributed by atoms with Gasteiger partial charge in [0.25, 0.3) is 0 Å². The van der Waals surface area contributed by atoms with E-state index >= 15 is 0 Å². The third kappa shape index (κ3) is 3.44. The van der Waals surface area contributed by atoms with Crippen LogP contribution in [0.25, 0.3) is 0 Å². The van der Waals surface area contributed by atoms with Crippen LogP contribution in [0.3, 0.4) is 0 Å². The molecule has 1 aromatic carbocycles. The molecule has 1 aliphatic rings. The standard InChI is InChI=1S/C13H17BrO3/c1-9(15)12-3-2-10(14)8-13(12)17-11-4-6-16-7-5-11/h2-3,8-9,11,15H,4-7H2,1H3/t9-/m0/s1. The van der Waals surface area contributed by atoms with Crippen LogP contribution in [0.4, 0.5) is 0 Å². The number of hydrogen-bond donors (Lipinski definition) is 1. The Balaban J connectivity index is 2.14. The van der Waals surface area contributed by atoms with Crippen molar-refractivity contribution in [1.82, 2.24) is 0 Å². The van der Waals surface area contributed by atoms with Crippen molar-refractivity contribution in [2.24, 2.45) is 0 Å². The van der Waals surface area contributed by atoms with Crippen LogP contribution in [-0.2, 0) is 4.74 Å². The Morgan fingerprint density at radius 3 is 2.76 bits per heavy atom. The van der Waals surface area contributed by atoms with Gasteiger partial charge in [0.05, 0.1) is 19.3 Å². The van der Waals surface area contributed by atoms with E-state index in [2.05, 4.69) is 15.9 Å². The second kappa shape index (κ2) is 5.85.